The standard InChI is InChI=1S/C12H12F6O2/c1-6-4-7(2)9(20-3)8(5-6)10(19,11(13,14)15)12(16,17)18/h4-5,19H,1-3H3. The van der Waals surface area contributed by atoms with Gasteiger partial charge in [0.1, 0.15) is 5.75 Å². The van der Waals surface area contributed by atoms with E-state index in [2.05, 4.69) is 4.74 Å². The molecule has 1 aromatic carbocycles. The van der Waals surface area contributed by atoms with Crippen molar-refractivity contribution in [1.82, 2.24) is 0 Å². The average Bonchev–Trinajstić information content (AvgIpc) is 2.23. The van der Waals surface area contributed by atoms with Crippen molar-refractivity contribution in [2.24, 2.45) is 0 Å². The molecule has 0 heterocycles. The lowest BCUT2D eigenvalue weighted by Gasteiger charge is -2.34. The normalized spacial score (nSPS) is 13.5. The molecule has 1 rings (SSSR count). The van der Waals surface area contributed by atoms with E-state index in [0.29, 0.717) is 6.07 Å². The minimum absolute atomic E-state index is 0.0643. The molecule has 0 amide bonds. The second kappa shape index (κ2) is 4.83. The Hall–Kier alpha value is -1.44. The third-order valence-electron chi connectivity index (χ3n) is 2.83. The van der Waals surface area contributed by atoms with Crippen LogP contribution < -0.4 is 4.74 Å². The van der Waals surface area contributed by atoms with Crippen LogP contribution in [-0.2, 0) is 5.60 Å². The fourth-order valence-corrected chi connectivity index (χ4v) is 1.96. The Bertz CT molecular complexity index is 490. The zero-order valence-electron chi connectivity index (χ0n) is 10.8. The Morgan fingerprint density at radius 2 is 1.40 bits per heavy atom. The zero-order chi connectivity index (χ0) is 15.9. The summed E-state index contributed by atoms with van der Waals surface area (Å²) in [5.41, 5.74) is -6.14. The summed E-state index contributed by atoms with van der Waals surface area (Å²) in [5, 5.41) is 9.39. The van der Waals surface area contributed by atoms with Crippen molar-refractivity contribution < 1.29 is 36.2 Å². The van der Waals surface area contributed by atoms with Gasteiger partial charge in [0.15, 0.2) is 0 Å². The summed E-state index contributed by atoms with van der Waals surface area (Å²) >= 11 is 0. The molecule has 0 unspecified atom stereocenters. The molecular formula is C12H12F6O2. The van der Waals surface area contributed by atoms with E-state index < -0.39 is 29.3 Å². The average molecular weight is 302 g/mol. The highest BCUT2D eigenvalue weighted by Gasteiger charge is 2.72. The molecule has 0 fully saturated rings. The van der Waals surface area contributed by atoms with Gasteiger partial charge in [-0.15, -0.1) is 0 Å². The van der Waals surface area contributed by atoms with Crippen LogP contribution >= 0.6 is 0 Å². The molecule has 20 heavy (non-hydrogen) atoms. The highest BCUT2D eigenvalue weighted by molar-refractivity contribution is 5.48. The van der Waals surface area contributed by atoms with E-state index in [1.807, 2.05) is 0 Å². The van der Waals surface area contributed by atoms with Crippen LogP contribution in [-0.4, -0.2) is 24.6 Å². The zero-order valence-corrected chi connectivity index (χ0v) is 10.8. The minimum Gasteiger partial charge on any atom is -0.496 e. The molecule has 0 saturated carbocycles. The van der Waals surface area contributed by atoms with Gasteiger partial charge in [0.25, 0.3) is 5.60 Å². The van der Waals surface area contributed by atoms with Crippen LogP contribution in [0.25, 0.3) is 0 Å². The van der Waals surface area contributed by atoms with Crippen LogP contribution in [0, 0.1) is 13.8 Å². The summed E-state index contributed by atoms with van der Waals surface area (Å²) in [4.78, 5) is 0. The molecular weight excluding hydrogens is 290 g/mol. The molecule has 1 aromatic rings. The maximum absolute atomic E-state index is 12.8. The van der Waals surface area contributed by atoms with Gasteiger partial charge in [0.2, 0.25) is 0 Å². The highest BCUT2D eigenvalue weighted by Crippen LogP contribution is 2.53. The van der Waals surface area contributed by atoms with Gasteiger partial charge in [-0.05, 0) is 25.5 Å². The van der Waals surface area contributed by atoms with Gasteiger partial charge in [0.05, 0.1) is 7.11 Å². The smallest absolute Gasteiger partial charge is 0.430 e. The Kier molecular flexibility index (Phi) is 4.02. The quantitative estimate of drug-likeness (QED) is 0.845. The largest absolute Gasteiger partial charge is 0.496 e. The first-order valence-corrected chi connectivity index (χ1v) is 5.37. The number of alkyl halides is 6. The van der Waals surface area contributed by atoms with E-state index >= 15 is 0 Å². The fraction of sp³-hybridized carbons (Fsp3) is 0.500. The van der Waals surface area contributed by atoms with Crippen molar-refractivity contribution in [3.63, 3.8) is 0 Å². The third kappa shape index (κ3) is 2.44. The molecule has 0 atom stereocenters. The molecule has 114 valence electrons. The van der Waals surface area contributed by atoms with Crippen LogP contribution in [0.4, 0.5) is 26.3 Å². The van der Waals surface area contributed by atoms with Crippen molar-refractivity contribution in [2.45, 2.75) is 31.8 Å². The van der Waals surface area contributed by atoms with Gasteiger partial charge in [-0.2, -0.15) is 26.3 Å². The Labute approximate surface area is 111 Å². The first-order chi connectivity index (χ1) is 8.86. The van der Waals surface area contributed by atoms with Crippen LogP contribution in [0.1, 0.15) is 16.7 Å². The van der Waals surface area contributed by atoms with E-state index in [4.69, 9.17) is 0 Å². The summed E-state index contributed by atoms with van der Waals surface area (Å²) < 4.78 is 81.6. The SMILES string of the molecule is COc1c(C)cc(C)cc1C(O)(C(F)(F)F)C(F)(F)F. The molecule has 0 bridgehead atoms. The van der Waals surface area contributed by atoms with E-state index in [0.717, 1.165) is 7.11 Å². The summed E-state index contributed by atoms with van der Waals surface area (Å²) in [6, 6.07) is 1.97. The van der Waals surface area contributed by atoms with Crippen molar-refractivity contribution >= 4 is 0 Å². The lowest BCUT2D eigenvalue weighted by atomic mass is 9.88. The van der Waals surface area contributed by atoms with Gasteiger partial charge in [-0.3, -0.25) is 0 Å². The van der Waals surface area contributed by atoms with E-state index in [-0.39, 0.29) is 11.1 Å². The lowest BCUT2D eigenvalue weighted by Crippen LogP contribution is -2.54. The number of benzene rings is 1. The summed E-state index contributed by atoms with van der Waals surface area (Å²) in [6.07, 6.45) is -11.9. The molecule has 8 heteroatoms. The van der Waals surface area contributed by atoms with Gasteiger partial charge < -0.3 is 9.84 Å². The van der Waals surface area contributed by atoms with Gasteiger partial charge >= 0.3 is 12.4 Å². The number of aliphatic hydroxyl groups is 1. The Balaban J connectivity index is 3.77. The van der Waals surface area contributed by atoms with Crippen LogP contribution in [0.3, 0.4) is 0 Å². The minimum atomic E-state index is -5.93. The monoisotopic (exact) mass is 302 g/mol. The van der Waals surface area contributed by atoms with Crippen LogP contribution in [0.15, 0.2) is 12.1 Å². The lowest BCUT2D eigenvalue weighted by molar-refractivity contribution is -0.376. The van der Waals surface area contributed by atoms with Crippen molar-refractivity contribution in [2.75, 3.05) is 7.11 Å². The summed E-state index contributed by atoms with van der Waals surface area (Å²) in [6.45, 7) is 2.62. The van der Waals surface area contributed by atoms with Crippen molar-refractivity contribution in [1.29, 1.82) is 0 Å². The summed E-state index contributed by atoms with van der Waals surface area (Å²) in [5.74, 6) is -0.646. The predicted molar refractivity (Wildman–Crippen MR) is 58.5 cm³/mol. The molecule has 0 spiro atoms. The number of hydrogen-bond donors (Lipinski definition) is 1. The first kappa shape index (κ1) is 16.6. The number of methoxy groups -OCH3 is 1. The highest BCUT2D eigenvalue weighted by atomic mass is 19.4. The second-order valence-electron chi connectivity index (χ2n) is 4.37. The maximum Gasteiger partial charge on any atom is 0.430 e. The third-order valence-corrected chi connectivity index (χ3v) is 2.83. The van der Waals surface area contributed by atoms with Crippen molar-refractivity contribution in [3.05, 3.63) is 28.8 Å². The topological polar surface area (TPSA) is 29.5 Å². The first-order valence-electron chi connectivity index (χ1n) is 5.37. The molecule has 0 radical (unpaired) electrons. The van der Waals surface area contributed by atoms with Crippen molar-refractivity contribution in [3.8, 4) is 5.75 Å². The number of aryl methyl sites for hydroxylation is 2. The Morgan fingerprint density at radius 3 is 1.75 bits per heavy atom. The van der Waals surface area contributed by atoms with E-state index in [9.17, 15) is 31.4 Å². The Morgan fingerprint density at radius 1 is 0.950 bits per heavy atom. The van der Waals surface area contributed by atoms with Crippen LogP contribution in [0.2, 0.25) is 0 Å². The number of halogens is 6. The molecule has 0 aliphatic rings. The van der Waals surface area contributed by atoms with E-state index in [1.165, 1.54) is 19.9 Å². The number of hydrogen-bond acceptors (Lipinski definition) is 2. The second-order valence-corrected chi connectivity index (χ2v) is 4.37. The molecule has 0 aliphatic heterocycles. The molecule has 1 N–H and O–H groups in total. The number of rotatable bonds is 2. The predicted octanol–water partition coefficient (Wildman–Crippen LogP) is 3.62. The molecule has 0 aliphatic carbocycles. The molecule has 0 aromatic heterocycles. The van der Waals surface area contributed by atoms with Gasteiger partial charge in [-0.1, -0.05) is 11.6 Å². The van der Waals surface area contributed by atoms with Gasteiger partial charge in [0, 0.05) is 5.56 Å². The summed E-state index contributed by atoms with van der Waals surface area (Å²) in [7, 11) is 0.939. The van der Waals surface area contributed by atoms with Gasteiger partial charge in [-0.25, -0.2) is 0 Å². The maximum atomic E-state index is 12.8. The molecule has 2 nitrogen and oxygen atoms in total. The van der Waals surface area contributed by atoms with Crippen LogP contribution in [0.5, 0.6) is 5.75 Å². The molecule has 0 saturated heterocycles. The van der Waals surface area contributed by atoms with E-state index in [1.54, 1.807) is 0 Å². The fourth-order valence-electron chi connectivity index (χ4n) is 1.96. The number of ether oxygens (including phenoxy) is 1.